The van der Waals surface area contributed by atoms with Crippen LogP contribution in [-0.4, -0.2) is 15.8 Å². The van der Waals surface area contributed by atoms with Crippen LogP contribution in [-0.2, 0) is 11.3 Å². The Balaban J connectivity index is 1.71. The van der Waals surface area contributed by atoms with E-state index in [1.807, 2.05) is 23.1 Å². The number of aromatic nitrogens is 1. The smallest absolute Gasteiger partial charge is 0.223 e. The quantitative estimate of drug-likeness (QED) is 0.767. The second-order valence-electron chi connectivity index (χ2n) is 6.35. The zero-order valence-corrected chi connectivity index (χ0v) is 13.3. The van der Waals surface area contributed by atoms with Crippen LogP contribution in [0.2, 0.25) is 0 Å². The summed E-state index contributed by atoms with van der Waals surface area (Å²) >= 11 is 0. The highest BCUT2D eigenvalue weighted by Crippen LogP contribution is 2.37. The predicted molar refractivity (Wildman–Crippen MR) is 92.0 cm³/mol. The third kappa shape index (κ3) is 2.52. The Kier molecular flexibility index (Phi) is 3.41. The van der Waals surface area contributed by atoms with Crippen LogP contribution in [0.25, 0.3) is 10.9 Å². The van der Waals surface area contributed by atoms with Gasteiger partial charge in [0, 0.05) is 30.1 Å². The van der Waals surface area contributed by atoms with Crippen molar-refractivity contribution in [3.8, 4) is 0 Å². The second kappa shape index (κ2) is 5.58. The molecule has 1 aliphatic heterocycles. The molecule has 1 saturated heterocycles. The molecule has 116 valence electrons. The number of fused-ring (bicyclic) bond motifs is 1. The van der Waals surface area contributed by atoms with E-state index in [2.05, 4.69) is 48.4 Å². The van der Waals surface area contributed by atoms with Gasteiger partial charge >= 0.3 is 0 Å². The maximum Gasteiger partial charge on any atom is 0.223 e. The zero-order valence-electron chi connectivity index (χ0n) is 13.3. The Morgan fingerprint density at radius 2 is 2.00 bits per heavy atom. The van der Waals surface area contributed by atoms with Crippen LogP contribution >= 0.6 is 0 Å². The van der Waals surface area contributed by atoms with Gasteiger partial charge in [-0.2, -0.15) is 0 Å². The standard InChI is InChI=1S/C20H20N2O/c1-14-7-8-18-16(11-14)17(12-21-18)19-9-10-20(23)22(19)13-15-5-3-2-4-6-15/h2-8,11-12,19,21H,9-10,13H2,1H3/t19-/m1/s1. The largest absolute Gasteiger partial charge is 0.361 e. The summed E-state index contributed by atoms with van der Waals surface area (Å²) < 4.78 is 0. The molecule has 2 aromatic carbocycles. The second-order valence-corrected chi connectivity index (χ2v) is 6.35. The van der Waals surface area contributed by atoms with E-state index in [4.69, 9.17) is 0 Å². The molecule has 0 saturated carbocycles. The van der Waals surface area contributed by atoms with Gasteiger partial charge in [0.2, 0.25) is 5.91 Å². The van der Waals surface area contributed by atoms with Gasteiger partial charge in [-0.3, -0.25) is 4.79 Å². The van der Waals surface area contributed by atoms with E-state index >= 15 is 0 Å². The lowest BCUT2D eigenvalue weighted by Crippen LogP contribution is -2.27. The number of nitrogens with one attached hydrogen (secondary N) is 1. The average Bonchev–Trinajstić information content (AvgIpc) is 3.12. The van der Waals surface area contributed by atoms with E-state index in [-0.39, 0.29) is 11.9 Å². The molecule has 1 fully saturated rings. The molecule has 1 amide bonds. The van der Waals surface area contributed by atoms with Gasteiger partial charge < -0.3 is 9.88 Å². The van der Waals surface area contributed by atoms with Gasteiger partial charge in [-0.1, -0.05) is 42.0 Å². The summed E-state index contributed by atoms with van der Waals surface area (Å²) in [6.07, 6.45) is 3.61. The molecule has 0 radical (unpaired) electrons. The number of aromatic amines is 1. The number of hydrogen-bond acceptors (Lipinski definition) is 1. The maximum atomic E-state index is 12.4. The first kappa shape index (κ1) is 14.1. The summed E-state index contributed by atoms with van der Waals surface area (Å²) in [5.74, 6) is 0.251. The van der Waals surface area contributed by atoms with Crippen molar-refractivity contribution < 1.29 is 4.79 Å². The lowest BCUT2D eigenvalue weighted by Gasteiger charge is -2.25. The number of benzene rings is 2. The molecular formula is C20H20N2O. The van der Waals surface area contributed by atoms with Crippen molar-refractivity contribution in [2.45, 2.75) is 32.4 Å². The van der Waals surface area contributed by atoms with E-state index < -0.39 is 0 Å². The topological polar surface area (TPSA) is 36.1 Å². The van der Waals surface area contributed by atoms with Crippen LogP contribution in [0.5, 0.6) is 0 Å². The number of H-pyrrole nitrogens is 1. The third-order valence-corrected chi connectivity index (χ3v) is 4.75. The first-order valence-corrected chi connectivity index (χ1v) is 8.13. The molecule has 23 heavy (non-hydrogen) atoms. The first-order valence-electron chi connectivity index (χ1n) is 8.13. The molecule has 1 N–H and O–H groups in total. The summed E-state index contributed by atoms with van der Waals surface area (Å²) in [6.45, 7) is 2.79. The molecular weight excluding hydrogens is 284 g/mol. The molecule has 1 atom stereocenters. The molecule has 3 heteroatoms. The monoisotopic (exact) mass is 304 g/mol. The summed E-state index contributed by atoms with van der Waals surface area (Å²) in [4.78, 5) is 17.8. The van der Waals surface area contributed by atoms with E-state index in [9.17, 15) is 4.79 Å². The van der Waals surface area contributed by atoms with Crippen molar-refractivity contribution in [3.05, 3.63) is 71.4 Å². The lowest BCUT2D eigenvalue weighted by atomic mass is 10.0. The SMILES string of the molecule is Cc1ccc2[nH]cc([C@H]3CCC(=O)N3Cc3ccccc3)c2c1. The van der Waals surface area contributed by atoms with Gasteiger partial charge in [0.05, 0.1) is 6.04 Å². The molecule has 0 unspecified atom stereocenters. The Morgan fingerprint density at radius 1 is 1.17 bits per heavy atom. The van der Waals surface area contributed by atoms with Crippen molar-refractivity contribution >= 4 is 16.8 Å². The van der Waals surface area contributed by atoms with Crippen LogP contribution in [0.3, 0.4) is 0 Å². The molecule has 2 heterocycles. The molecule has 0 spiro atoms. The Bertz CT molecular complexity index is 850. The highest BCUT2D eigenvalue weighted by atomic mass is 16.2. The van der Waals surface area contributed by atoms with Gasteiger partial charge in [0.1, 0.15) is 0 Å². The number of rotatable bonds is 3. The molecule has 4 rings (SSSR count). The Labute approximate surface area is 135 Å². The van der Waals surface area contributed by atoms with Gasteiger partial charge in [0.15, 0.2) is 0 Å². The minimum atomic E-state index is 0.165. The number of carbonyl (C=O) groups excluding carboxylic acids is 1. The summed E-state index contributed by atoms with van der Waals surface area (Å²) in [7, 11) is 0. The van der Waals surface area contributed by atoms with Gasteiger partial charge in [-0.05, 0) is 36.6 Å². The average molecular weight is 304 g/mol. The number of amides is 1. The number of nitrogens with zero attached hydrogens (tertiary/aromatic N) is 1. The summed E-state index contributed by atoms with van der Waals surface area (Å²) in [5.41, 5.74) is 4.82. The number of aryl methyl sites for hydroxylation is 1. The van der Waals surface area contributed by atoms with Crippen LogP contribution < -0.4 is 0 Å². The zero-order chi connectivity index (χ0) is 15.8. The number of carbonyl (C=O) groups is 1. The first-order chi connectivity index (χ1) is 11.2. The fourth-order valence-corrected chi connectivity index (χ4v) is 3.57. The normalized spacial score (nSPS) is 18.0. The minimum Gasteiger partial charge on any atom is -0.361 e. The molecule has 0 bridgehead atoms. The highest BCUT2D eigenvalue weighted by molar-refractivity contribution is 5.86. The van der Waals surface area contributed by atoms with E-state index in [1.54, 1.807) is 0 Å². The highest BCUT2D eigenvalue weighted by Gasteiger charge is 2.33. The van der Waals surface area contributed by atoms with Crippen molar-refractivity contribution in [1.29, 1.82) is 0 Å². The Hall–Kier alpha value is -2.55. The minimum absolute atomic E-state index is 0.165. The van der Waals surface area contributed by atoms with E-state index in [1.165, 1.54) is 22.1 Å². The molecule has 0 aliphatic carbocycles. The Morgan fingerprint density at radius 3 is 2.83 bits per heavy atom. The fourth-order valence-electron chi connectivity index (χ4n) is 3.57. The lowest BCUT2D eigenvalue weighted by molar-refractivity contribution is -0.129. The molecule has 1 aliphatic rings. The van der Waals surface area contributed by atoms with E-state index in [0.29, 0.717) is 13.0 Å². The van der Waals surface area contributed by atoms with Gasteiger partial charge in [0.25, 0.3) is 0 Å². The van der Waals surface area contributed by atoms with Gasteiger partial charge in [-0.25, -0.2) is 0 Å². The van der Waals surface area contributed by atoms with Crippen molar-refractivity contribution in [2.75, 3.05) is 0 Å². The number of hydrogen-bond donors (Lipinski definition) is 1. The fraction of sp³-hybridized carbons (Fsp3) is 0.250. The summed E-state index contributed by atoms with van der Waals surface area (Å²) in [6, 6.07) is 16.8. The van der Waals surface area contributed by atoms with Crippen LogP contribution in [0.15, 0.2) is 54.7 Å². The van der Waals surface area contributed by atoms with Gasteiger partial charge in [-0.15, -0.1) is 0 Å². The summed E-state index contributed by atoms with van der Waals surface area (Å²) in [5, 5.41) is 1.24. The number of likely N-dealkylation sites (tertiary alicyclic amines) is 1. The van der Waals surface area contributed by atoms with Crippen molar-refractivity contribution in [3.63, 3.8) is 0 Å². The van der Waals surface area contributed by atoms with E-state index in [0.717, 1.165) is 11.9 Å². The van der Waals surface area contributed by atoms with Crippen LogP contribution in [0.1, 0.15) is 35.6 Å². The maximum absolute atomic E-state index is 12.4. The predicted octanol–water partition coefficient (Wildman–Crippen LogP) is 4.34. The molecule has 3 aromatic rings. The van der Waals surface area contributed by atoms with Crippen LogP contribution in [0, 0.1) is 6.92 Å². The van der Waals surface area contributed by atoms with Crippen LogP contribution in [0.4, 0.5) is 0 Å². The molecule has 3 nitrogen and oxygen atoms in total. The van der Waals surface area contributed by atoms with Crippen molar-refractivity contribution in [1.82, 2.24) is 9.88 Å². The molecule has 1 aromatic heterocycles. The third-order valence-electron chi connectivity index (χ3n) is 4.75. The van der Waals surface area contributed by atoms with Crippen molar-refractivity contribution in [2.24, 2.45) is 0 Å².